The van der Waals surface area contributed by atoms with Gasteiger partial charge in [-0.15, -0.1) is 76.9 Å². The van der Waals surface area contributed by atoms with E-state index < -0.39 is 0 Å². The van der Waals surface area contributed by atoms with Gasteiger partial charge in [0.2, 0.25) is 0 Å². The third-order valence-electron chi connectivity index (χ3n) is 11.6. The number of hydrogen-bond donors (Lipinski definition) is 0. The Morgan fingerprint density at radius 2 is 0.818 bits per heavy atom. The molecule has 7 aromatic carbocycles. The van der Waals surface area contributed by atoms with Crippen LogP contribution in [0.1, 0.15) is 11.1 Å². The molecular weight excluding hydrogens is 983 g/mol. The van der Waals surface area contributed by atoms with Gasteiger partial charge in [0, 0.05) is 18.6 Å². The van der Waals surface area contributed by atoms with Gasteiger partial charge in [0.15, 0.2) is 0 Å². The van der Waals surface area contributed by atoms with Crippen molar-refractivity contribution in [3.8, 4) is 107 Å². The maximum atomic E-state index is 10.6. The molecule has 0 fully saturated rings. The van der Waals surface area contributed by atoms with Crippen molar-refractivity contribution in [2.45, 2.75) is 6.92 Å². The second kappa shape index (κ2) is 19.2. The fourth-order valence-corrected chi connectivity index (χ4v) is 8.50. The fraction of sp³-hybridized carbons (Fsp3) is 0.0167. The van der Waals surface area contributed by atoms with Crippen LogP contribution < -0.4 is 0 Å². The minimum Gasteiger partial charge on any atom is -0.305 e. The molecule has 10 aromatic rings. The Hall–Kier alpha value is -8.38. The second-order valence-corrected chi connectivity index (χ2v) is 15.6. The van der Waals surface area contributed by atoms with Crippen molar-refractivity contribution in [1.29, 1.82) is 5.26 Å². The van der Waals surface area contributed by atoms with E-state index in [0.717, 1.165) is 106 Å². The SMILES string of the molecule is [C-]#[N+]c1cc(-c2ccccn2)[c-]cc1-c1ccccc1-c1cc(-c2ccccc2-c2c[c-]c(-c3ccccn3)cc2C)cc(-c2ccccc2-c2c[c-]c(-c3ccccn3)cc2C#N)c1.[Ir+3]. The topological polar surface area (TPSA) is 66.8 Å². The molecule has 0 spiro atoms. The largest absolute Gasteiger partial charge is 3.00 e. The number of rotatable bonds is 9. The molecule has 0 aliphatic heterocycles. The quantitative estimate of drug-likeness (QED) is 0.135. The Labute approximate surface area is 398 Å². The molecule has 310 valence electrons. The van der Waals surface area contributed by atoms with Gasteiger partial charge in [0.1, 0.15) is 5.69 Å². The first-order valence-electron chi connectivity index (χ1n) is 21.2. The van der Waals surface area contributed by atoms with E-state index in [9.17, 15) is 5.26 Å². The molecule has 0 radical (unpaired) electrons. The number of benzene rings is 7. The summed E-state index contributed by atoms with van der Waals surface area (Å²) in [5.74, 6) is 0. The van der Waals surface area contributed by atoms with Crippen LogP contribution in [0.5, 0.6) is 0 Å². The molecule has 66 heavy (non-hydrogen) atoms. The van der Waals surface area contributed by atoms with Crippen LogP contribution in [0.3, 0.4) is 0 Å². The van der Waals surface area contributed by atoms with Gasteiger partial charge in [-0.3, -0.25) is 4.85 Å². The molecule has 0 unspecified atom stereocenters. The van der Waals surface area contributed by atoms with E-state index in [1.807, 2.05) is 103 Å². The Bertz CT molecular complexity index is 3300. The molecule has 0 saturated carbocycles. The first-order chi connectivity index (χ1) is 32.1. The average molecular weight is 1020 g/mol. The molecule has 0 aliphatic carbocycles. The van der Waals surface area contributed by atoms with E-state index in [1.54, 1.807) is 18.6 Å². The molecule has 6 heteroatoms. The van der Waals surface area contributed by atoms with Crippen molar-refractivity contribution in [1.82, 2.24) is 15.0 Å². The average Bonchev–Trinajstić information content (AvgIpc) is 3.39. The van der Waals surface area contributed by atoms with Crippen LogP contribution >= 0.6 is 0 Å². The maximum Gasteiger partial charge on any atom is 3.00 e. The minimum atomic E-state index is 0. The smallest absolute Gasteiger partial charge is 0.305 e. The molecule has 0 aliphatic rings. The number of hydrogen-bond acceptors (Lipinski definition) is 4. The summed E-state index contributed by atoms with van der Waals surface area (Å²) in [5, 5.41) is 10.6. The molecule has 10 rings (SSSR count). The number of pyridine rings is 3. The zero-order valence-electron chi connectivity index (χ0n) is 35.6. The molecule has 0 N–H and O–H groups in total. The van der Waals surface area contributed by atoms with Crippen LogP contribution in [0.2, 0.25) is 0 Å². The van der Waals surface area contributed by atoms with E-state index in [4.69, 9.17) is 6.57 Å². The number of aromatic nitrogens is 3. The van der Waals surface area contributed by atoms with E-state index in [0.29, 0.717) is 11.3 Å². The molecule has 0 saturated heterocycles. The van der Waals surface area contributed by atoms with Crippen molar-refractivity contribution in [2.24, 2.45) is 0 Å². The fourth-order valence-electron chi connectivity index (χ4n) is 8.50. The van der Waals surface area contributed by atoms with Gasteiger partial charge in [0.05, 0.1) is 12.6 Å². The summed E-state index contributed by atoms with van der Waals surface area (Å²) >= 11 is 0. The second-order valence-electron chi connectivity index (χ2n) is 15.6. The van der Waals surface area contributed by atoms with E-state index >= 15 is 0 Å². The third kappa shape index (κ3) is 8.51. The van der Waals surface area contributed by atoms with Gasteiger partial charge in [0.25, 0.3) is 0 Å². The van der Waals surface area contributed by atoms with Crippen molar-refractivity contribution < 1.29 is 20.1 Å². The van der Waals surface area contributed by atoms with Gasteiger partial charge in [-0.1, -0.05) is 149 Å². The van der Waals surface area contributed by atoms with Crippen LogP contribution in [-0.4, -0.2) is 15.0 Å². The van der Waals surface area contributed by atoms with Crippen LogP contribution in [-0.2, 0) is 20.1 Å². The Morgan fingerprint density at radius 1 is 0.439 bits per heavy atom. The monoisotopic (exact) mass is 1020 g/mol. The van der Waals surface area contributed by atoms with Gasteiger partial charge in [-0.05, 0) is 92.4 Å². The summed E-state index contributed by atoms with van der Waals surface area (Å²) in [5.41, 5.74) is 18.4. The summed E-state index contributed by atoms with van der Waals surface area (Å²) < 4.78 is 0. The number of nitrogens with zero attached hydrogens (tertiary/aromatic N) is 5. The van der Waals surface area contributed by atoms with Crippen LogP contribution in [0.25, 0.3) is 105 Å². The Morgan fingerprint density at radius 3 is 1.24 bits per heavy atom. The van der Waals surface area contributed by atoms with Crippen molar-refractivity contribution in [3.63, 3.8) is 0 Å². The normalized spacial score (nSPS) is 10.7. The van der Waals surface area contributed by atoms with Gasteiger partial charge in [-0.25, -0.2) is 0 Å². The minimum absolute atomic E-state index is 0. The van der Waals surface area contributed by atoms with Crippen molar-refractivity contribution >= 4 is 5.69 Å². The molecule has 3 heterocycles. The number of nitriles is 1. The summed E-state index contributed by atoms with van der Waals surface area (Å²) in [6.07, 6.45) is 5.30. The van der Waals surface area contributed by atoms with E-state index in [-0.39, 0.29) is 20.1 Å². The molecule has 0 bridgehead atoms. The maximum absolute atomic E-state index is 10.6. The third-order valence-corrected chi connectivity index (χ3v) is 11.6. The number of aryl methyl sites for hydroxylation is 1. The first kappa shape index (κ1) is 42.9. The molecule has 0 atom stereocenters. The zero-order valence-corrected chi connectivity index (χ0v) is 38.0. The molecule has 5 nitrogen and oxygen atoms in total. The predicted octanol–water partition coefficient (Wildman–Crippen LogP) is 15.0. The van der Waals surface area contributed by atoms with E-state index in [2.05, 4.69) is 130 Å². The summed E-state index contributed by atoms with van der Waals surface area (Å²) in [4.78, 5) is 17.6. The Kier molecular flexibility index (Phi) is 12.5. The van der Waals surface area contributed by atoms with Gasteiger partial charge in [-0.2, -0.15) is 5.26 Å². The summed E-state index contributed by atoms with van der Waals surface area (Å²) in [6.45, 7) is 10.4. The predicted molar refractivity (Wildman–Crippen MR) is 261 cm³/mol. The summed E-state index contributed by atoms with van der Waals surface area (Å²) in [6, 6.07) is 73.6. The van der Waals surface area contributed by atoms with Crippen LogP contribution in [0, 0.1) is 43.0 Å². The van der Waals surface area contributed by atoms with Crippen LogP contribution in [0.15, 0.2) is 201 Å². The standard InChI is InChI=1S/C60H36N5.Ir/c1-40-33-41(57-21-9-12-30-63-57)24-27-48(40)53-18-6-3-15-49(53)44-35-45(50-16-4-7-19-54(50)52-28-25-42(34-47(52)39-61)58-22-10-13-31-64-58)37-46(36-44)51-17-5-8-20-55(51)56-29-26-43(38-60(56)62-2)59-23-11-14-32-65-59;/h3-23,27-38H,1H3;/q-3;+3. The molecular formula is C60H36IrN5. The molecule has 3 aromatic heterocycles. The molecule has 0 amide bonds. The Balaban J connectivity index is 0.00000548. The van der Waals surface area contributed by atoms with Gasteiger partial charge >= 0.3 is 20.1 Å². The summed E-state index contributed by atoms with van der Waals surface area (Å²) in [7, 11) is 0. The van der Waals surface area contributed by atoms with Crippen molar-refractivity contribution in [3.05, 3.63) is 241 Å². The van der Waals surface area contributed by atoms with E-state index in [1.165, 1.54) is 0 Å². The van der Waals surface area contributed by atoms with Gasteiger partial charge < -0.3 is 15.0 Å². The van der Waals surface area contributed by atoms with Crippen molar-refractivity contribution in [2.75, 3.05) is 0 Å². The zero-order chi connectivity index (χ0) is 44.1. The van der Waals surface area contributed by atoms with Crippen LogP contribution in [0.4, 0.5) is 5.69 Å². The first-order valence-corrected chi connectivity index (χ1v) is 21.2.